The van der Waals surface area contributed by atoms with E-state index in [1.54, 1.807) is 0 Å². The van der Waals surface area contributed by atoms with Crippen LogP contribution in [0.1, 0.15) is 52.7 Å². The molecule has 0 atom stereocenters. The molecule has 2 rings (SSSR count). The molecule has 2 aromatic rings. The smallest absolute Gasteiger partial charge is 0.172 e. The van der Waals surface area contributed by atoms with E-state index in [0.29, 0.717) is 5.75 Å². The van der Waals surface area contributed by atoms with Crippen LogP contribution in [0, 0.1) is 0 Å². The fourth-order valence-corrected chi connectivity index (χ4v) is 2.07. The Morgan fingerprint density at radius 3 is 1.39 bits per heavy atom. The molecule has 0 radical (unpaired) electrons. The van der Waals surface area contributed by atoms with Gasteiger partial charge in [0.1, 0.15) is 5.75 Å². The summed E-state index contributed by atoms with van der Waals surface area (Å²) in [5.74, 6) is 0.456. The average molecular weight is 434 g/mol. The number of phenolic OH excluding ortho intramolecular Hbond substituents is 1. The normalized spacial score (nSPS) is 10.8. The molecular formula is C19H27Cl2OZr-. The predicted molar refractivity (Wildman–Crippen MR) is 99.2 cm³/mol. The topological polar surface area (TPSA) is 20.2 Å². The van der Waals surface area contributed by atoms with Gasteiger partial charge in [-0.3, -0.25) is 0 Å². The first-order valence-corrected chi connectivity index (χ1v) is 13.8. The summed E-state index contributed by atoms with van der Waals surface area (Å²) < 4.78 is 0. The van der Waals surface area contributed by atoms with Gasteiger partial charge in [0.2, 0.25) is 0 Å². The van der Waals surface area contributed by atoms with Crippen LogP contribution in [0.25, 0.3) is 0 Å². The molecule has 0 heterocycles. The molecule has 2 aromatic carbocycles. The summed E-state index contributed by atoms with van der Waals surface area (Å²) >= 11 is -0.826. The first-order valence-electron chi connectivity index (χ1n) is 7.51. The Morgan fingerprint density at radius 2 is 1.17 bits per heavy atom. The number of rotatable bonds is 0. The zero-order chi connectivity index (χ0) is 18.1. The summed E-state index contributed by atoms with van der Waals surface area (Å²) in [5.41, 5.74) is 2.03. The summed E-state index contributed by atoms with van der Waals surface area (Å²) in [4.78, 5) is 0. The Kier molecular flexibility index (Phi) is 10.6. The average Bonchev–Trinajstić information content (AvgIpc) is 2.96. The predicted octanol–water partition coefficient (Wildman–Crippen LogP) is 6.77. The second-order valence-electron chi connectivity index (χ2n) is 7.24. The van der Waals surface area contributed by atoms with Gasteiger partial charge in [-0.25, -0.2) is 12.1 Å². The molecule has 0 amide bonds. The van der Waals surface area contributed by atoms with E-state index in [4.69, 9.17) is 17.0 Å². The summed E-state index contributed by atoms with van der Waals surface area (Å²) in [7, 11) is 9.87. The second kappa shape index (κ2) is 10.6. The van der Waals surface area contributed by atoms with Crippen LogP contribution in [0.15, 0.2) is 48.5 Å². The van der Waals surface area contributed by atoms with E-state index in [-0.39, 0.29) is 10.8 Å². The van der Waals surface area contributed by atoms with E-state index in [1.807, 2.05) is 48.5 Å². The third kappa shape index (κ3) is 9.03. The summed E-state index contributed by atoms with van der Waals surface area (Å²) in [6.45, 7) is 12.7. The minimum atomic E-state index is -0.826. The number of hydrogen-bond donors (Lipinski definition) is 1. The molecule has 0 saturated heterocycles. The largest absolute Gasteiger partial charge is 0.214 e. The van der Waals surface area contributed by atoms with Gasteiger partial charge in [0.25, 0.3) is 0 Å². The van der Waals surface area contributed by atoms with Crippen molar-refractivity contribution in [2.75, 3.05) is 0 Å². The molecule has 0 fully saturated rings. The van der Waals surface area contributed by atoms with Gasteiger partial charge >= 0.3 is 37.9 Å². The molecule has 0 aliphatic rings. The number of benzene rings is 1. The summed E-state index contributed by atoms with van der Waals surface area (Å²) in [6.07, 6.45) is 0. The third-order valence-electron chi connectivity index (χ3n) is 3.21. The van der Waals surface area contributed by atoms with Gasteiger partial charge in [0.15, 0.2) is 0 Å². The third-order valence-corrected chi connectivity index (χ3v) is 3.21. The molecule has 0 aliphatic heterocycles. The maximum absolute atomic E-state index is 10.3. The zero-order valence-corrected chi connectivity index (χ0v) is 18.8. The van der Waals surface area contributed by atoms with Gasteiger partial charge in [-0.05, 0) is 22.0 Å². The van der Waals surface area contributed by atoms with Crippen molar-refractivity contribution in [3.8, 4) is 5.75 Å². The van der Waals surface area contributed by atoms with E-state index in [2.05, 4.69) is 41.5 Å². The Hall–Kier alpha value is -0.167. The Balaban J connectivity index is 0.000000496. The van der Waals surface area contributed by atoms with Crippen LogP contribution in [0.4, 0.5) is 0 Å². The van der Waals surface area contributed by atoms with E-state index < -0.39 is 20.8 Å². The van der Waals surface area contributed by atoms with Gasteiger partial charge in [-0.2, -0.15) is 18.2 Å². The van der Waals surface area contributed by atoms with E-state index in [1.165, 1.54) is 0 Å². The Labute approximate surface area is 160 Å². The van der Waals surface area contributed by atoms with E-state index >= 15 is 0 Å². The maximum atomic E-state index is 10.3. The van der Waals surface area contributed by atoms with Crippen LogP contribution in [0.2, 0.25) is 0 Å². The number of halogens is 2. The molecule has 0 saturated carbocycles. The Morgan fingerprint density at radius 1 is 0.826 bits per heavy atom. The van der Waals surface area contributed by atoms with Crippen molar-refractivity contribution in [3.05, 3.63) is 59.7 Å². The van der Waals surface area contributed by atoms with Crippen molar-refractivity contribution >= 4 is 17.0 Å². The molecule has 0 aromatic heterocycles. The van der Waals surface area contributed by atoms with Gasteiger partial charge in [0, 0.05) is 0 Å². The van der Waals surface area contributed by atoms with Crippen LogP contribution >= 0.6 is 17.0 Å². The minimum Gasteiger partial charge on any atom is -0.214 e. The maximum Gasteiger partial charge on any atom is -0.172 e. The molecule has 4 heteroatoms. The van der Waals surface area contributed by atoms with Crippen molar-refractivity contribution in [2.24, 2.45) is 0 Å². The second-order valence-corrected chi connectivity index (χ2v) is 11.0. The molecule has 128 valence electrons. The molecule has 0 aliphatic carbocycles. The monoisotopic (exact) mass is 431 g/mol. The zero-order valence-electron chi connectivity index (χ0n) is 14.8. The first kappa shape index (κ1) is 22.8. The number of para-hydroxylation sites is 1. The van der Waals surface area contributed by atoms with Gasteiger partial charge in [-0.15, -0.1) is 0 Å². The molecule has 1 nitrogen and oxygen atoms in total. The van der Waals surface area contributed by atoms with Crippen LogP contribution in [-0.2, 0) is 31.7 Å². The minimum absolute atomic E-state index is 0.00859. The molecule has 0 bridgehead atoms. The summed E-state index contributed by atoms with van der Waals surface area (Å²) in [5, 5.41) is 10.3. The van der Waals surface area contributed by atoms with Gasteiger partial charge < -0.3 is 5.11 Å². The van der Waals surface area contributed by atoms with Crippen LogP contribution < -0.4 is 0 Å². The number of aromatic hydroxyl groups is 1. The van der Waals surface area contributed by atoms with Gasteiger partial charge in [0.05, 0.1) is 0 Å². The van der Waals surface area contributed by atoms with Crippen LogP contribution in [0.5, 0.6) is 5.75 Å². The number of phenols is 1. The fourth-order valence-electron chi connectivity index (χ4n) is 2.07. The van der Waals surface area contributed by atoms with Crippen molar-refractivity contribution in [3.63, 3.8) is 0 Å². The Bertz CT molecular complexity index is 488. The van der Waals surface area contributed by atoms with Crippen molar-refractivity contribution in [1.82, 2.24) is 0 Å². The first-order chi connectivity index (χ1) is 10.6. The van der Waals surface area contributed by atoms with E-state index in [9.17, 15) is 5.11 Å². The molecular weight excluding hydrogens is 406 g/mol. The number of hydrogen-bond acceptors (Lipinski definition) is 1. The molecule has 0 unspecified atom stereocenters. The van der Waals surface area contributed by atoms with Crippen molar-refractivity contribution in [1.29, 1.82) is 0 Å². The molecule has 1 N–H and O–H groups in total. The molecule has 23 heavy (non-hydrogen) atoms. The fraction of sp³-hybridized carbons (Fsp3) is 0.421. The quantitative estimate of drug-likeness (QED) is 0.455. The summed E-state index contributed by atoms with van der Waals surface area (Å²) in [6, 6.07) is 16.0. The van der Waals surface area contributed by atoms with Crippen LogP contribution in [0.3, 0.4) is 0 Å². The van der Waals surface area contributed by atoms with Crippen molar-refractivity contribution in [2.45, 2.75) is 52.4 Å². The van der Waals surface area contributed by atoms with Crippen LogP contribution in [-0.4, -0.2) is 5.11 Å². The SMILES string of the molecule is CC(C)(C)c1cccc(C(C)(C)C)c1O.[Cl][Zr][Cl].c1cc[cH-]c1. The van der Waals surface area contributed by atoms with Gasteiger partial charge in [-0.1, -0.05) is 59.7 Å². The standard InChI is InChI=1S/C14H22O.C5H5.2ClH.Zr/c1-13(2,3)10-8-7-9-11(12(10)15)14(4,5)6;1-2-4-5-3-1;;;/h7-9,15H,1-6H3;1-5H;2*1H;/q;-1;;;+2/p-2. The molecule has 0 spiro atoms. The van der Waals surface area contributed by atoms with Crippen molar-refractivity contribution < 1.29 is 26.0 Å². The van der Waals surface area contributed by atoms with E-state index in [0.717, 1.165) is 11.1 Å².